The van der Waals surface area contributed by atoms with Crippen molar-refractivity contribution in [2.24, 2.45) is 11.8 Å². The second-order valence-electron chi connectivity index (χ2n) is 5.30. The van der Waals surface area contributed by atoms with Crippen molar-refractivity contribution in [1.82, 2.24) is 5.32 Å². The molecule has 0 heterocycles. The molecule has 108 valence electrons. The largest absolute Gasteiger partial charge is 0.481 e. The fourth-order valence-electron chi connectivity index (χ4n) is 2.68. The van der Waals surface area contributed by atoms with Gasteiger partial charge in [0.25, 0.3) is 0 Å². The summed E-state index contributed by atoms with van der Waals surface area (Å²) in [5.41, 5.74) is 0.871. The second-order valence-corrected chi connectivity index (χ2v) is 5.70. The monoisotopic (exact) mass is 295 g/mol. The van der Waals surface area contributed by atoms with Gasteiger partial charge in [-0.05, 0) is 37.8 Å². The lowest BCUT2D eigenvalue weighted by Gasteiger charge is -2.18. The van der Waals surface area contributed by atoms with Crippen molar-refractivity contribution < 1.29 is 14.7 Å². The van der Waals surface area contributed by atoms with Gasteiger partial charge in [-0.15, -0.1) is 0 Å². The molecule has 1 aromatic carbocycles. The molecule has 0 spiro atoms. The average Bonchev–Trinajstić information content (AvgIpc) is 2.88. The summed E-state index contributed by atoms with van der Waals surface area (Å²) < 4.78 is 0. The van der Waals surface area contributed by atoms with E-state index in [1.165, 1.54) is 0 Å². The fourth-order valence-corrected chi connectivity index (χ4v) is 2.98. The molecule has 2 N–H and O–H groups in total. The average molecular weight is 296 g/mol. The minimum Gasteiger partial charge on any atom is -0.481 e. The van der Waals surface area contributed by atoms with Crippen LogP contribution in [0.3, 0.4) is 0 Å². The van der Waals surface area contributed by atoms with E-state index in [0.29, 0.717) is 24.3 Å². The maximum atomic E-state index is 12.2. The van der Waals surface area contributed by atoms with Gasteiger partial charge >= 0.3 is 5.97 Å². The molecule has 4 nitrogen and oxygen atoms in total. The van der Waals surface area contributed by atoms with Gasteiger partial charge in [0, 0.05) is 10.9 Å². The number of amides is 1. The Kier molecular flexibility index (Phi) is 4.65. The third kappa shape index (κ3) is 3.31. The van der Waals surface area contributed by atoms with Gasteiger partial charge in [-0.3, -0.25) is 9.59 Å². The molecule has 1 aliphatic carbocycles. The molecule has 1 aromatic rings. The molecule has 0 saturated heterocycles. The molecule has 1 fully saturated rings. The molecule has 1 aliphatic rings. The minimum atomic E-state index is -0.806. The standard InChI is InChI=1S/C15H18ClNO3/c1-9(12-4-2-3-5-13(12)16)17-14(18)10-6-7-11(8-10)15(19)20/h2-5,9-11H,6-8H2,1H3,(H,17,18)(H,19,20)/t9-,10?,11?/m0/s1. The van der Waals surface area contributed by atoms with Crippen molar-refractivity contribution >= 4 is 23.5 Å². The van der Waals surface area contributed by atoms with Crippen LogP contribution >= 0.6 is 11.6 Å². The summed E-state index contributed by atoms with van der Waals surface area (Å²) in [5, 5.41) is 12.5. The lowest BCUT2D eigenvalue weighted by molar-refractivity contribution is -0.141. The van der Waals surface area contributed by atoms with Crippen LogP contribution in [-0.4, -0.2) is 17.0 Å². The van der Waals surface area contributed by atoms with Gasteiger partial charge in [0.2, 0.25) is 5.91 Å². The highest BCUT2D eigenvalue weighted by Crippen LogP contribution is 2.32. The summed E-state index contributed by atoms with van der Waals surface area (Å²) in [4.78, 5) is 23.1. The summed E-state index contributed by atoms with van der Waals surface area (Å²) in [6, 6.07) is 7.20. The van der Waals surface area contributed by atoms with E-state index in [4.69, 9.17) is 16.7 Å². The Morgan fingerprint density at radius 3 is 2.55 bits per heavy atom. The lowest BCUT2D eigenvalue weighted by atomic mass is 10.0. The van der Waals surface area contributed by atoms with Gasteiger partial charge in [0.05, 0.1) is 12.0 Å². The van der Waals surface area contributed by atoms with Gasteiger partial charge in [-0.2, -0.15) is 0 Å². The molecular weight excluding hydrogens is 278 g/mol. The molecule has 2 rings (SSSR count). The molecular formula is C15H18ClNO3. The predicted octanol–water partition coefficient (Wildman–Crippen LogP) is 3.02. The number of benzene rings is 1. The van der Waals surface area contributed by atoms with Crippen molar-refractivity contribution in [3.8, 4) is 0 Å². The fraction of sp³-hybridized carbons (Fsp3) is 0.467. The van der Waals surface area contributed by atoms with Crippen LogP contribution in [0.4, 0.5) is 0 Å². The van der Waals surface area contributed by atoms with Gasteiger partial charge in [-0.25, -0.2) is 0 Å². The Balaban J connectivity index is 1.95. The molecule has 0 bridgehead atoms. The zero-order valence-corrected chi connectivity index (χ0v) is 12.1. The first-order valence-electron chi connectivity index (χ1n) is 6.76. The summed E-state index contributed by atoms with van der Waals surface area (Å²) in [6.45, 7) is 1.88. The third-order valence-electron chi connectivity index (χ3n) is 3.88. The smallest absolute Gasteiger partial charge is 0.306 e. The van der Waals surface area contributed by atoms with Crippen molar-refractivity contribution in [1.29, 1.82) is 0 Å². The SMILES string of the molecule is C[C@H](NC(=O)C1CCC(C(=O)O)C1)c1ccccc1Cl. The first kappa shape index (κ1) is 14.9. The first-order chi connectivity index (χ1) is 9.49. The normalized spacial score (nSPS) is 23.3. The number of halogens is 1. The minimum absolute atomic E-state index is 0.0823. The predicted molar refractivity (Wildman–Crippen MR) is 76.5 cm³/mol. The van der Waals surface area contributed by atoms with Crippen LogP contribution in [0.5, 0.6) is 0 Å². The zero-order valence-electron chi connectivity index (χ0n) is 11.3. The number of carboxylic acids is 1. The molecule has 0 radical (unpaired) electrons. The van der Waals surface area contributed by atoms with Gasteiger partial charge in [-0.1, -0.05) is 29.8 Å². The summed E-state index contributed by atoms with van der Waals surface area (Å²) in [6.07, 6.45) is 1.64. The number of carbonyl (C=O) groups excluding carboxylic acids is 1. The Bertz CT molecular complexity index is 518. The van der Waals surface area contributed by atoms with Crippen LogP contribution in [0.2, 0.25) is 5.02 Å². The number of carbonyl (C=O) groups is 2. The number of aliphatic carboxylic acids is 1. The lowest BCUT2D eigenvalue weighted by Crippen LogP contribution is -2.32. The van der Waals surface area contributed by atoms with E-state index in [-0.39, 0.29) is 23.8 Å². The van der Waals surface area contributed by atoms with Crippen molar-refractivity contribution in [3.05, 3.63) is 34.9 Å². The van der Waals surface area contributed by atoms with Crippen LogP contribution in [0.15, 0.2) is 24.3 Å². The molecule has 1 saturated carbocycles. The summed E-state index contributed by atoms with van der Waals surface area (Å²) in [5.74, 6) is -1.48. The van der Waals surface area contributed by atoms with E-state index >= 15 is 0 Å². The Labute approximate surface area is 123 Å². The van der Waals surface area contributed by atoms with Crippen LogP contribution in [-0.2, 0) is 9.59 Å². The van der Waals surface area contributed by atoms with Crippen LogP contribution in [0.1, 0.15) is 37.8 Å². The van der Waals surface area contributed by atoms with Crippen LogP contribution < -0.4 is 5.32 Å². The molecule has 1 amide bonds. The Hall–Kier alpha value is -1.55. The van der Waals surface area contributed by atoms with E-state index in [1.807, 2.05) is 25.1 Å². The van der Waals surface area contributed by atoms with Crippen LogP contribution in [0.25, 0.3) is 0 Å². The summed E-state index contributed by atoms with van der Waals surface area (Å²) >= 11 is 6.10. The molecule has 3 atom stereocenters. The van der Waals surface area contributed by atoms with E-state index in [1.54, 1.807) is 6.07 Å². The highest BCUT2D eigenvalue weighted by atomic mass is 35.5. The molecule has 2 unspecified atom stereocenters. The topological polar surface area (TPSA) is 66.4 Å². The third-order valence-corrected chi connectivity index (χ3v) is 4.23. The first-order valence-corrected chi connectivity index (χ1v) is 7.14. The number of carboxylic acid groups (broad SMARTS) is 1. The molecule has 0 aliphatic heterocycles. The van der Waals surface area contributed by atoms with E-state index in [0.717, 1.165) is 5.56 Å². The van der Waals surface area contributed by atoms with Gasteiger partial charge < -0.3 is 10.4 Å². The number of rotatable bonds is 4. The van der Waals surface area contributed by atoms with E-state index in [2.05, 4.69) is 5.32 Å². The summed E-state index contributed by atoms with van der Waals surface area (Å²) in [7, 11) is 0. The van der Waals surface area contributed by atoms with E-state index < -0.39 is 5.97 Å². The molecule has 20 heavy (non-hydrogen) atoms. The maximum Gasteiger partial charge on any atom is 0.306 e. The number of hydrogen-bond donors (Lipinski definition) is 2. The number of hydrogen-bond acceptors (Lipinski definition) is 2. The molecule has 0 aromatic heterocycles. The van der Waals surface area contributed by atoms with Crippen molar-refractivity contribution in [2.45, 2.75) is 32.2 Å². The van der Waals surface area contributed by atoms with Crippen molar-refractivity contribution in [2.75, 3.05) is 0 Å². The second kappa shape index (κ2) is 6.27. The highest BCUT2D eigenvalue weighted by Gasteiger charge is 2.34. The number of nitrogens with one attached hydrogen (secondary N) is 1. The quantitative estimate of drug-likeness (QED) is 0.897. The van der Waals surface area contributed by atoms with Gasteiger partial charge in [0.15, 0.2) is 0 Å². The zero-order chi connectivity index (χ0) is 14.7. The van der Waals surface area contributed by atoms with Gasteiger partial charge in [0.1, 0.15) is 0 Å². The molecule has 5 heteroatoms. The maximum absolute atomic E-state index is 12.2. The van der Waals surface area contributed by atoms with Crippen LogP contribution in [0, 0.1) is 11.8 Å². The Morgan fingerprint density at radius 2 is 1.95 bits per heavy atom. The van der Waals surface area contributed by atoms with E-state index in [9.17, 15) is 9.59 Å². The van der Waals surface area contributed by atoms with Crippen molar-refractivity contribution in [3.63, 3.8) is 0 Å². The Morgan fingerprint density at radius 1 is 1.30 bits per heavy atom. The highest BCUT2D eigenvalue weighted by molar-refractivity contribution is 6.31.